The molecule has 7 nitrogen and oxygen atoms in total. The number of amides is 1. The fourth-order valence-electron chi connectivity index (χ4n) is 2.28. The van der Waals surface area contributed by atoms with E-state index in [9.17, 15) is 14.4 Å². The van der Waals surface area contributed by atoms with E-state index in [-0.39, 0.29) is 31.1 Å². The molecule has 0 saturated carbocycles. The van der Waals surface area contributed by atoms with Crippen molar-refractivity contribution in [2.45, 2.75) is 20.3 Å². The second-order valence-corrected chi connectivity index (χ2v) is 4.99. The lowest BCUT2D eigenvalue weighted by molar-refractivity contribution is -0.146. The first kappa shape index (κ1) is 17.5. The van der Waals surface area contributed by atoms with Gasteiger partial charge in [0.1, 0.15) is 0 Å². The number of carbonyl (C=O) groups is 3. The number of esters is 2. The topological polar surface area (TPSA) is 84.9 Å². The van der Waals surface area contributed by atoms with Crippen LogP contribution in [-0.2, 0) is 23.9 Å². The van der Waals surface area contributed by atoms with E-state index in [2.05, 4.69) is 5.32 Å². The summed E-state index contributed by atoms with van der Waals surface area (Å²) in [6.45, 7) is 3.93. The van der Waals surface area contributed by atoms with E-state index in [4.69, 9.17) is 9.47 Å². The highest BCUT2D eigenvalue weighted by Crippen LogP contribution is 2.29. The smallest absolute Gasteiger partial charge is 0.347 e. The zero-order valence-electron chi connectivity index (χ0n) is 13.7. The Bertz CT molecular complexity index is 649. The van der Waals surface area contributed by atoms with Crippen LogP contribution in [0.4, 0.5) is 11.4 Å². The maximum absolute atomic E-state index is 12.1. The molecule has 1 aromatic carbocycles. The van der Waals surface area contributed by atoms with Gasteiger partial charge in [0.2, 0.25) is 5.91 Å². The third-order valence-electron chi connectivity index (χ3n) is 3.34. The van der Waals surface area contributed by atoms with Crippen LogP contribution in [0.2, 0.25) is 0 Å². The van der Waals surface area contributed by atoms with Crippen LogP contribution < -0.4 is 10.2 Å². The Kier molecular flexibility index (Phi) is 5.95. The van der Waals surface area contributed by atoms with Gasteiger partial charge in [-0.05, 0) is 26.0 Å². The van der Waals surface area contributed by atoms with E-state index in [1.165, 1.54) is 6.20 Å². The van der Waals surface area contributed by atoms with Crippen LogP contribution >= 0.6 is 0 Å². The summed E-state index contributed by atoms with van der Waals surface area (Å²) in [5.74, 6) is -1.64. The van der Waals surface area contributed by atoms with Crippen LogP contribution in [0.5, 0.6) is 0 Å². The molecular weight excluding hydrogens is 312 g/mol. The number of benzene rings is 1. The molecule has 2 rings (SSSR count). The average Bonchev–Trinajstić information content (AvgIpc) is 2.71. The Labute approximate surface area is 140 Å². The van der Waals surface area contributed by atoms with Crippen LogP contribution in [0.15, 0.2) is 36.0 Å². The van der Waals surface area contributed by atoms with Gasteiger partial charge in [0, 0.05) is 19.2 Å². The summed E-state index contributed by atoms with van der Waals surface area (Å²) in [5.41, 5.74) is 1.10. The summed E-state index contributed by atoms with van der Waals surface area (Å²) >= 11 is 0. The number of rotatable bonds is 5. The molecule has 7 heteroatoms. The molecule has 1 N–H and O–H groups in total. The largest absolute Gasteiger partial charge is 0.462 e. The molecule has 1 aliphatic heterocycles. The van der Waals surface area contributed by atoms with Crippen LogP contribution in [0, 0.1) is 0 Å². The number of hydrogen-bond donors (Lipinski definition) is 1. The predicted octanol–water partition coefficient (Wildman–Crippen LogP) is 1.85. The molecule has 1 aliphatic rings. The minimum atomic E-state index is -0.753. The van der Waals surface area contributed by atoms with Crippen molar-refractivity contribution in [3.05, 3.63) is 36.0 Å². The van der Waals surface area contributed by atoms with Crippen molar-refractivity contribution in [2.24, 2.45) is 0 Å². The van der Waals surface area contributed by atoms with Crippen molar-refractivity contribution in [1.82, 2.24) is 0 Å². The van der Waals surface area contributed by atoms with Crippen molar-refractivity contribution in [3.8, 4) is 0 Å². The van der Waals surface area contributed by atoms with E-state index in [1.807, 2.05) is 6.07 Å². The second kappa shape index (κ2) is 8.14. The maximum Gasteiger partial charge on any atom is 0.347 e. The molecule has 0 atom stereocenters. The van der Waals surface area contributed by atoms with Crippen LogP contribution in [0.25, 0.3) is 0 Å². The van der Waals surface area contributed by atoms with Gasteiger partial charge in [0.15, 0.2) is 5.57 Å². The van der Waals surface area contributed by atoms with E-state index in [0.29, 0.717) is 17.9 Å². The first-order valence-electron chi connectivity index (χ1n) is 7.78. The lowest BCUT2D eigenvalue weighted by Gasteiger charge is -2.20. The second-order valence-electron chi connectivity index (χ2n) is 4.99. The summed E-state index contributed by atoms with van der Waals surface area (Å²) in [6.07, 6.45) is 1.61. The standard InChI is InChI=1S/C17H20N2O5/c1-3-23-16(21)12(17(22)24-4-2)11-19-10-9-15(20)18-13-7-5-6-8-14(13)19/h5-8,11H,3-4,9-10H2,1-2H3,(H,18,20). The SMILES string of the molecule is CCOC(=O)C(=CN1CCC(=O)Nc2ccccc21)C(=O)OCC. The van der Waals surface area contributed by atoms with Crippen LogP contribution in [0.3, 0.4) is 0 Å². The predicted molar refractivity (Wildman–Crippen MR) is 88.4 cm³/mol. The molecule has 0 fully saturated rings. The van der Waals surface area contributed by atoms with Crippen molar-refractivity contribution in [3.63, 3.8) is 0 Å². The minimum absolute atomic E-state index is 0.132. The number of anilines is 2. The van der Waals surface area contributed by atoms with Gasteiger partial charge in [-0.1, -0.05) is 12.1 Å². The molecule has 0 saturated heterocycles. The van der Waals surface area contributed by atoms with Gasteiger partial charge in [0.25, 0.3) is 0 Å². The lowest BCUT2D eigenvalue weighted by Crippen LogP contribution is -2.25. The Hall–Kier alpha value is -2.83. The Morgan fingerprint density at radius 1 is 1.17 bits per heavy atom. The maximum atomic E-state index is 12.1. The number of para-hydroxylation sites is 2. The number of fused-ring (bicyclic) bond motifs is 1. The Morgan fingerprint density at radius 2 is 1.79 bits per heavy atom. The van der Waals surface area contributed by atoms with Crippen LogP contribution in [-0.4, -0.2) is 37.6 Å². The third-order valence-corrected chi connectivity index (χ3v) is 3.34. The third kappa shape index (κ3) is 4.13. The molecule has 0 spiro atoms. The molecule has 0 unspecified atom stereocenters. The number of nitrogens with zero attached hydrogens (tertiary/aromatic N) is 1. The fourth-order valence-corrected chi connectivity index (χ4v) is 2.28. The average molecular weight is 332 g/mol. The van der Waals surface area contributed by atoms with Crippen LogP contribution in [0.1, 0.15) is 20.3 Å². The number of hydrogen-bond acceptors (Lipinski definition) is 6. The molecule has 0 aromatic heterocycles. The first-order chi connectivity index (χ1) is 11.6. The van der Waals surface area contributed by atoms with E-state index < -0.39 is 11.9 Å². The fraction of sp³-hybridized carbons (Fsp3) is 0.353. The quantitative estimate of drug-likeness (QED) is 0.383. The van der Waals surface area contributed by atoms with E-state index in [0.717, 1.165) is 0 Å². The molecule has 0 radical (unpaired) electrons. The summed E-state index contributed by atoms with van der Waals surface area (Å²) < 4.78 is 9.87. The van der Waals surface area contributed by atoms with Gasteiger partial charge in [-0.15, -0.1) is 0 Å². The highest BCUT2D eigenvalue weighted by Gasteiger charge is 2.25. The van der Waals surface area contributed by atoms with E-state index in [1.54, 1.807) is 36.9 Å². The lowest BCUT2D eigenvalue weighted by atomic mass is 10.2. The molecule has 0 bridgehead atoms. The summed E-state index contributed by atoms with van der Waals surface area (Å²) in [6, 6.07) is 7.16. The number of nitrogens with one attached hydrogen (secondary N) is 1. The molecule has 128 valence electrons. The van der Waals surface area contributed by atoms with Crippen molar-refractivity contribution in [1.29, 1.82) is 0 Å². The van der Waals surface area contributed by atoms with Gasteiger partial charge in [-0.2, -0.15) is 0 Å². The zero-order chi connectivity index (χ0) is 17.5. The Balaban J connectivity index is 2.41. The highest BCUT2D eigenvalue weighted by atomic mass is 16.6. The minimum Gasteiger partial charge on any atom is -0.462 e. The van der Waals surface area contributed by atoms with Gasteiger partial charge in [-0.25, -0.2) is 9.59 Å². The molecular formula is C17H20N2O5. The monoisotopic (exact) mass is 332 g/mol. The summed E-state index contributed by atoms with van der Waals surface area (Å²) in [5, 5.41) is 2.79. The molecule has 1 aromatic rings. The van der Waals surface area contributed by atoms with Crippen molar-refractivity contribution < 1.29 is 23.9 Å². The number of carbonyl (C=O) groups excluding carboxylic acids is 3. The summed E-state index contributed by atoms with van der Waals surface area (Å²) in [4.78, 5) is 37.7. The molecule has 1 amide bonds. The highest BCUT2D eigenvalue weighted by molar-refractivity contribution is 6.14. The first-order valence-corrected chi connectivity index (χ1v) is 7.78. The normalized spacial score (nSPS) is 13.2. The molecule has 24 heavy (non-hydrogen) atoms. The molecule has 1 heterocycles. The number of ether oxygens (including phenoxy) is 2. The molecule has 0 aliphatic carbocycles. The van der Waals surface area contributed by atoms with Gasteiger partial charge < -0.3 is 19.7 Å². The van der Waals surface area contributed by atoms with Crippen molar-refractivity contribution >= 4 is 29.2 Å². The summed E-state index contributed by atoms with van der Waals surface area (Å²) in [7, 11) is 0. The zero-order valence-corrected chi connectivity index (χ0v) is 13.7. The van der Waals surface area contributed by atoms with Crippen molar-refractivity contribution in [2.75, 3.05) is 30.0 Å². The van der Waals surface area contributed by atoms with Gasteiger partial charge >= 0.3 is 11.9 Å². The Morgan fingerprint density at radius 3 is 2.42 bits per heavy atom. The van der Waals surface area contributed by atoms with Gasteiger partial charge in [0.05, 0.1) is 24.6 Å². The van der Waals surface area contributed by atoms with Gasteiger partial charge in [-0.3, -0.25) is 4.79 Å². The van der Waals surface area contributed by atoms with E-state index >= 15 is 0 Å².